The molecule has 0 unspecified atom stereocenters. The fraction of sp³-hybridized carbons (Fsp3) is 0.588. The first-order valence-electron chi connectivity index (χ1n) is 8.82. The summed E-state index contributed by atoms with van der Waals surface area (Å²) in [5.41, 5.74) is 0. The number of aliphatic hydroxyl groups is 1. The number of hydrogen-bond donors (Lipinski definition) is 4. The molecule has 158 valence electrons. The number of carbonyl (C=O) groups is 3. The van der Waals surface area contributed by atoms with Gasteiger partial charge in [-0.1, -0.05) is 0 Å². The van der Waals surface area contributed by atoms with Gasteiger partial charge in [0.2, 0.25) is 0 Å². The Bertz CT molecular complexity index is 594. The summed E-state index contributed by atoms with van der Waals surface area (Å²) in [4.78, 5) is 39.6. The van der Waals surface area contributed by atoms with E-state index < -0.39 is 24.0 Å². The molecule has 1 aliphatic rings. The lowest BCUT2D eigenvalue weighted by atomic mass is 10.3. The van der Waals surface area contributed by atoms with Crippen molar-refractivity contribution in [1.29, 1.82) is 0 Å². The zero-order valence-electron chi connectivity index (χ0n) is 15.8. The number of aliphatic hydroxyl groups excluding tert-OH is 1. The van der Waals surface area contributed by atoms with Crippen molar-refractivity contribution < 1.29 is 34.8 Å². The quantitative estimate of drug-likeness (QED) is 0.389. The average molecular weight is 400 g/mol. The van der Waals surface area contributed by atoms with Crippen molar-refractivity contribution in [3.63, 3.8) is 0 Å². The van der Waals surface area contributed by atoms with Crippen molar-refractivity contribution in [2.24, 2.45) is 0 Å². The molecule has 0 aromatic heterocycles. The van der Waals surface area contributed by atoms with E-state index in [2.05, 4.69) is 0 Å². The Balaban J connectivity index is 3.07. The number of β-amino-alcohol motifs (C(OH)–C–C–N with tert-alkyl or cyclic N) is 1. The van der Waals surface area contributed by atoms with Crippen LogP contribution in [-0.4, -0.2) is 116 Å². The van der Waals surface area contributed by atoms with Gasteiger partial charge in [-0.05, 0) is 6.92 Å². The van der Waals surface area contributed by atoms with Crippen molar-refractivity contribution in [2.45, 2.75) is 13.0 Å². The molecule has 0 aromatic carbocycles. The predicted octanol–water partition coefficient (Wildman–Crippen LogP) is -1.21. The minimum Gasteiger partial charge on any atom is -0.480 e. The molecule has 1 rings (SSSR count). The standard InChI is InChI=1S/C17H28N4O7/c1-14(22)10-18-2-4-19(11-15(23)24)6-8-21(13-17(27)28)9-7-20(5-3-18)12-16(25)26/h2,4,6,8,14,22H,3,5,7,9-13H2,1H3,(H,23,24)(H,25,26)(H,27,28)/b4-2-,8-6+/t14-/m1/s1. The van der Waals surface area contributed by atoms with Crippen LogP contribution in [0.1, 0.15) is 6.92 Å². The molecule has 11 heteroatoms. The molecular formula is C17H28N4O7. The number of rotatable bonds is 8. The van der Waals surface area contributed by atoms with E-state index in [0.717, 1.165) is 0 Å². The first-order chi connectivity index (χ1) is 13.2. The summed E-state index contributed by atoms with van der Waals surface area (Å²) in [6.45, 7) is 2.49. The summed E-state index contributed by atoms with van der Waals surface area (Å²) in [5, 5.41) is 36.9. The highest BCUT2D eigenvalue weighted by Gasteiger charge is 2.15. The van der Waals surface area contributed by atoms with E-state index in [-0.39, 0.29) is 26.2 Å². The summed E-state index contributed by atoms with van der Waals surface area (Å²) >= 11 is 0. The van der Waals surface area contributed by atoms with Crippen molar-refractivity contribution in [3.05, 3.63) is 24.8 Å². The first kappa shape index (κ1) is 23.2. The number of carboxylic acids is 3. The molecule has 0 aromatic rings. The van der Waals surface area contributed by atoms with Crippen LogP contribution in [0.4, 0.5) is 0 Å². The second kappa shape index (κ2) is 11.8. The van der Waals surface area contributed by atoms with Crippen molar-refractivity contribution >= 4 is 17.9 Å². The summed E-state index contributed by atoms with van der Waals surface area (Å²) < 4.78 is 0. The molecule has 1 atom stereocenters. The van der Waals surface area contributed by atoms with Gasteiger partial charge in [-0.3, -0.25) is 19.3 Å². The summed E-state index contributed by atoms with van der Waals surface area (Å²) in [6, 6.07) is 0. The maximum atomic E-state index is 11.1. The Hall–Kier alpha value is -2.79. The Labute approximate surface area is 163 Å². The fourth-order valence-electron chi connectivity index (χ4n) is 2.62. The van der Waals surface area contributed by atoms with Crippen LogP contribution < -0.4 is 0 Å². The largest absolute Gasteiger partial charge is 0.480 e. The van der Waals surface area contributed by atoms with Crippen LogP contribution in [0.3, 0.4) is 0 Å². The summed E-state index contributed by atoms with van der Waals surface area (Å²) in [6.07, 6.45) is 5.45. The van der Waals surface area contributed by atoms with Gasteiger partial charge in [0.05, 0.1) is 12.6 Å². The van der Waals surface area contributed by atoms with Crippen molar-refractivity contribution in [3.8, 4) is 0 Å². The maximum Gasteiger partial charge on any atom is 0.323 e. The molecule has 0 fully saturated rings. The van der Waals surface area contributed by atoms with E-state index >= 15 is 0 Å². The highest BCUT2D eigenvalue weighted by atomic mass is 16.4. The molecule has 0 bridgehead atoms. The number of carboxylic acid groups (broad SMARTS) is 3. The lowest BCUT2D eigenvalue weighted by Crippen LogP contribution is -2.42. The number of hydrogen-bond acceptors (Lipinski definition) is 8. The highest BCUT2D eigenvalue weighted by Crippen LogP contribution is 2.03. The average Bonchev–Trinajstić information content (AvgIpc) is 2.55. The molecule has 0 amide bonds. The zero-order valence-corrected chi connectivity index (χ0v) is 15.8. The SMILES string of the molecule is C[C@@H](O)CN1/C=C\N(CC(=O)O)/C=C/N(CC(=O)O)CCN(CC(=O)O)CC1. The van der Waals surface area contributed by atoms with Gasteiger partial charge < -0.3 is 35.1 Å². The van der Waals surface area contributed by atoms with Gasteiger partial charge in [-0.25, -0.2) is 0 Å². The Kier molecular flexibility index (Phi) is 9.82. The second-order valence-corrected chi connectivity index (χ2v) is 6.54. The van der Waals surface area contributed by atoms with Crippen molar-refractivity contribution in [2.75, 3.05) is 52.4 Å². The molecule has 0 radical (unpaired) electrons. The van der Waals surface area contributed by atoms with Crippen LogP contribution in [0.5, 0.6) is 0 Å². The molecule has 0 saturated heterocycles. The number of nitrogens with zero attached hydrogens (tertiary/aromatic N) is 4. The Morgan fingerprint density at radius 1 is 0.786 bits per heavy atom. The first-order valence-corrected chi connectivity index (χ1v) is 8.82. The molecule has 4 N–H and O–H groups in total. The highest BCUT2D eigenvalue weighted by molar-refractivity contribution is 5.70. The third-order valence-corrected chi connectivity index (χ3v) is 3.86. The minimum absolute atomic E-state index is 0.192. The Morgan fingerprint density at radius 3 is 1.79 bits per heavy atom. The van der Waals surface area contributed by atoms with Gasteiger partial charge in [0.25, 0.3) is 0 Å². The minimum atomic E-state index is -1.05. The van der Waals surface area contributed by atoms with Crippen molar-refractivity contribution in [1.82, 2.24) is 19.6 Å². The van der Waals surface area contributed by atoms with E-state index in [4.69, 9.17) is 15.3 Å². The van der Waals surface area contributed by atoms with Gasteiger partial charge in [0, 0.05) is 57.5 Å². The Morgan fingerprint density at radius 2 is 1.29 bits per heavy atom. The molecule has 28 heavy (non-hydrogen) atoms. The van der Waals surface area contributed by atoms with E-state index in [9.17, 15) is 19.5 Å². The van der Waals surface area contributed by atoms with Gasteiger partial charge >= 0.3 is 17.9 Å². The molecule has 0 aliphatic carbocycles. The van der Waals surface area contributed by atoms with Gasteiger partial charge in [0.1, 0.15) is 13.1 Å². The molecule has 0 saturated carbocycles. The second-order valence-electron chi connectivity index (χ2n) is 6.54. The van der Waals surface area contributed by atoms with Crippen LogP contribution in [0.15, 0.2) is 24.8 Å². The van der Waals surface area contributed by atoms with Gasteiger partial charge in [0.15, 0.2) is 0 Å². The van der Waals surface area contributed by atoms with Crippen LogP contribution in [-0.2, 0) is 14.4 Å². The van der Waals surface area contributed by atoms with E-state index in [1.807, 2.05) is 0 Å². The molecule has 11 nitrogen and oxygen atoms in total. The van der Waals surface area contributed by atoms with E-state index in [1.165, 1.54) is 28.4 Å². The normalized spacial score (nSPS) is 20.0. The third kappa shape index (κ3) is 10.4. The van der Waals surface area contributed by atoms with E-state index in [0.29, 0.717) is 26.2 Å². The predicted molar refractivity (Wildman–Crippen MR) is 99.2 cm³/mol. The molecule has 1 heterocycles. The topological polar surface area (TPSA) is 145 Å². The van der Waals surface area contributed by atoms with Crippen LogP contribution >= 0.6 is 0 Å². The zero-order chi connectivity index (χ0) is 21.1. The summed E-state index contributed by atoms with van der Waals surface area (Å²) in [5.74, 6) is -3.09. The van der Waals surface area contributed by atoms with Crippen LogP contribution in [0, 0.1) is 0 Å². The molecule has 1 aliphatic heterocycles. The smallest absolute Gasteiger partial charge is 0.323 e. The monoisotopic (exact) mass is 400 g/mol. The summed E-state index contributed by atoms with van der Waals surface area (Å²) in [7, 11) is 0. The van der Waals surface area contributed by atoms with Crippen LogP contribution in [0.2, 0.25) is 0 Å². The fourth-order valence-corrected chi connectivity index (χ4v) is 2.62. The maximum absolute atomic E-state index is 11.1. The van der Waals surface area contributed by atoms with Gasteiger partial charge in [-0.2, -0.15) is 0 Å². The van der Waals surface area contributed by atoms with Crippen LogP contribution in [0.25, 0.3) is 0 Å². The van der Waals surface area contributed by atoms with Gasteiger partial charge in [-0.15, -0.1) is 0 Å². The van der Waals surface area contributed by atoms with E-state index in [1.54, 1.807) is 22.9 Å². The molecule has 0 spiro atoms. The lowest BCUT2D eigenvalue weighted by molar-refractivity contribution is -0.139. The number of aliphatic carboxylic acids is 3. The third-order valence-electron chi connectivity index (χ3n) is 3.86. The molecular weight excluding hydrogens is 372 g/mol. The lowest BCUT2D eigenvalue weighted by Gasteiger charge is -2.30.